The third-order valence-electron chi connectivity index (χ3n) is 12.2. The lowest BCUT2D eigenvalue weighted by molar-refractivity contribution is -0.291. The number of esters is 6. The standard InChI is InChI=1S/C44H48O16/c1-25-15-17-27(3)43(23-25)57-37(49)31(38(50)58-43)13-9-5-7-11-29-33(45)53-41(54-34(29)46)19-21-42(22-20-41)55-35(47)30(36(48)56-42)12-8-6-10-14-32-39(51)59-44(60-40(32)52)24-26(2)16-18-28(44)4/h5-14,25-28,49,51H,15-24H2,1-4H3. The summed E-state index contributed by atoms with van der Waals surface area (Å²) >= 11 is 0. The second-order valence-electron chi connectivity index (χ2n) is 16.6. The molecule has 0 aromatic carbocycles. The van der Waals surface area contributed by atoms with Crippen molar-refractivity contribution in [1.82, 2.24) is 0 Å². The van der Waals surface area contributed by atoms with Crippen LogP contribution in [0.25, 0.3) is 0 Å². The molecule has 4 heterocycles. The van der Waals surface area contributed by atoms with Gasteiger partial charge in [-0.2, -0.15) is 0 Å². The molecule has 7 rings (SSSR count). The summed E-state index contributed by atoms with van der Waals surface area (Å²) in [5, 5.41) is 21.1. The van der Waals surface area contributed by atoms with Crippen molar-refractivity contribution in [3.63, 3.8) is 0 Å². The van der Waals surface area contributed by atoms with Gasteiger partial charge in [0.2, 0.25) is 0 Å². The van der Waals surface area contributed by atoms with Crippen LogP contribution in [0.2, 0.25) is 0 Å². The van der Waals surface area contributed by atoms with E-state index in [1.54, 1.807) is 0 Å². The Hall–Kier alpha value is -6.06. The summed E-state index contributed by atoms with van der Waals surface area (Å²) in [6.45, 7) is 7.87. The molecule has 6 atom stereocenters. The first-order valence-corrected chi connectivity index (χ1v) is 20.2. The average molecular weight is 833 g/mol. The van der Waals surface area contributed by atoms with Gasteiger partial charge in [-0.05, 0) is 61.8 Å². The van der Waals surface area contributed by atoms with Gasteiger partial charge >= 0.3 is 35.8 Å². The maximum Gasteiger partial charge on any atom is 0.348 e. The third kappa shape index (κ3) is 8.23. The highest BCUT2D eigenvalue weighted by Gasteiger charge is 2.57. The fourth-order valence-corrected chi connectivity index (χ4v) is 8.54. The van der Waals surface area contributed by atoms with E-state index >= 15 is 0 Å². The van der Waals surface area contributed by atoms with Crippen molar-refractivity contribution in [2.24, 2.45) is 23.7 Å². The van der Waals surface area contributed by atoms with E-state index in [0.29, 0.717) is 12.8 Å². The van der Waals surface area contributed by atoms with Gasteiger partial charge in [0, 0.05) is 50.4 Å². The smallest absolute Gasteiger partial charge is 0.348 e. The highest BCUT2D eigenvalue weighted by molar-refractivity contribution is 6.16. The van der Waals surface area contributed by atoms with Crippen molar-refractivity contribution in [2.45, 2.75) is 115 Å². The second-order valence-corrected chi connectivity index (χ2v) is 16.6. The highest BCUT2D eigenvalue weighted by atomic mass is 16.8. The van der Waals surface area contributed by atoms with Crippen LogP contribution < -0.4 is 0 Å². The van der Waals surface area contributed by atoms with Crippen LogP contribution in [0.3, 0.4) is 0 Å². The molecule has 16 heteroatoms. The summed E-state index contributed by atoms with van der Waals surface area (Å²) in [4.78, 5) is 77.3. The summed E-state index contributed by atoms with van der Waals surface area (Å²) in [5.41, 5.74) is -1.17. The van der Waals surface area contributed by atoms with Gasteiger partial charge in [-0.1, -0.05) is 64.2 Å². The predicted octanol–water partition coefficient (Wildman–Crippen LogP) is 6.22. The molecule has 3 saturated carbocycles. The number of hydrogen-bond donors (Lipinski definition) is 2. The number of aliphatic hydroxyl groups excluding tert-OH is 2. The SMILES string of the molecule is CC1CCC(C)C2(C1)OC(=O)C(C=CC=CC=C1C(=O)OC3(CCC4(CC3)OC(=O)C(=CC=CC=CC3=C(O)OC5(CC(C)CCC5C)OC3=O)C(=O)O4)OC1=O)=C(O)O2. The minimum atomic E-state index is -1.67. The van der Waals surface area contributed by atoms with Gasteiger partial charge in [0.1, 0.15) is 22.3 Å². The lowest BCUT2D eigenvalue weighted by atomic mass is 9.78. The van der Waals surface area contributed by atoms with Crippen LogP contribution in [0.4, 0.5) is 0 Å². The zero-order valence-electron chi connectivity index (χ0n) is 33.8. The van der Waals surface area contributed by atoms with Crippen molar-refractivity contribution < 1.29 is 76.9 Å². The van der Waals surface area contributed by atoms with E-state index in [2.05, 4.69) is 0 Å². The Bertz CT molecular complexity index is 1910. The van der Waals surface area contributed by atoms with E-state index in [1.165, 1.54) is 60.8 Å². The van der Waals surface area contributed by atoms with E-state index in [0.717, 1.165) is 25.7 Å². The molecule has 0 aromatic heterocycles. The quantitative estimate of drug-likeness (QED) is 0.0998. The minimum Gasteiger partial charge on any atom is -0.480 e. The first kappa shape index (κ1) is 42.1. The monoisotopic (exact) mass is 832 g/mol. The number of allylic oxidation sites excluding steroid dienone is 8. The number of carbonyl (C=O) groups is 6. The van der Waals surface area contributed by atoms with Gasteiger partial charge in [0.15, 0.2) is 0 Å². The normalized spacial score (nSPS) is 36.2. The van der Waals surface area contributed by atoms with E-state index in [-0.39, 0.29) is 60.5 Å². The van der Waals surface area contributed by atoms with E-state index in [9.17, 15) is 39.0 Å². The maximum absolute atomic E-state index is 12.9. The molecule has 5 fully saturated rings. The third-order valence-corrected chi connectivity index (χ3v) is 12.2. The van der Waals surface area contributed by atoms with Crippen molar-refractivity contribution >= 4 is 35.8 Å². The molecule has 4 aliphatic heterocycles. The zero-order valence-corrected chi connectivity index (χ0v) is 33.8. The molecule has 6 unspecified atom stereocenters. The summed E-state index contributed by atoms with van der Waals surface area (Å²) in [6.07, 6.45) is 17.1. The molecule has 7 aliphatic rings. The van der Waals surface area contributed by atoms with Crippen molar-refractivity contribution in [2.75, 3.05) is 0 Å². The molecule has 320 valence electrons. The van der Waals surface area contributed by atoms with E-state index in [4.69, 9.17) is 37.9 Å². The first-order chi connectivity index (χ1) is 28.5. The summed E-state index contributed by atoms with van der Waals surface area (Å²) in [7, 11) is 0. The Morgan fingerprint density at radius 3 is 1.13 bits per heavy atom. The highest BCUT2D eigenvalue weighted by Crippen LogP contribution is 2.47. The van der Waals surface area contributed by atoms with Crippen LogP contribution in [0.1, 0.15) is 91.9 Å². The fourth-order valence-electron chi connectivity index (χ4n) is 8.54. The van der Waals surface area contributed by atoms with Crippen molar-refractivity contribution in [3.8, 4) is 0 Å². The van der Waals surface area contributed by atoms with Gasteiger partial charge in [0.05, 0.1) is 0 Å². The number of carbonyl (C=O) groups excluding carboxylic acids is 6. The molecule has 4 spiro atoms. The van der Waals surface area contributed by atoms with Gasteiger partial charge in [-0.15, -0.1) is 0 Å². The number of hydrogen-bond acceptors (Lipinski definition) is 16. The molecule has 2 saturated heterocycles. The van der Waals surface area contributed by atoms with E-state index < -0.39 is 82.0 Å². The molecule has 3 aliphatic carbocycles. The molecule has 0 bridgehead atoms. The van der Waals surface area contributed by atoms with Gasteiger partial charge in [0.25, 0.3) is 35.0 Å². The lowest BCUT2D eigenvalue weighted by Crippen LogP contribution is -2.56. The lowest BCUT2D eigenvalue weighted by Gasteiger charge is -2.45. The maximum atomic E-state index is 12.9. The minimum absolute atomic E-state index is 0.0999. The Balaban J connectivity index is 0.904. The molecule has 2 N–H and O–H groups in total. The topological polar surface area (TPSA) is 217 Å². The van der Waals surface area contributed by atoms with Crippen molar-refractivity contribution in [3.05, 3.63) is 94.9 Å². The molecular weight excluding hydrogens is 784 g/mol. The van der Waals surface area contributed by atoms with E-state index in [1.807, 2.05) is 27.7 Å². The molecular formula is C44H48O16. The Kier molecular flexibility index (Phi) is 11.3. The van der Waals surface area contributed by atoms with Crippen LogP contribution >= 0.6 is 0 Å². The summed E-state index contributed by atoms with van der Waals surface area (Å²) in [5.74, 6) is -11.8. The van der Waals surface area contributed by atoms with Crippen LogP contribution in [-0.2, 0) is 66.7 Å². The number of aliphatic hydroxyl groups is 2. The Morgan fingerprint density at radius 2 is 0.800 bits per heavy atom. The predicted molar refractivity (Wildman–Crippen MR) is 205 cm³/mol. The Labute approximate surface area is 345 Å². The Morgan fingerprint density at radius 1 is 0.450 bits per heavy atom. The van der Waals surface area contributed by atoms with Crippen molar-refractivity contribution in [1.29, 1.82) is 0 Å². The van der Waals surface area contributed by atoms with Gasteiger partial charge < -0.3 is 48.1 Å². The summed E-state index contributed by atoms with van der Waals surface area (Å²) in [6, 6.07) is 0. The van der Waals surface area contributed by atoms with Crippen LogP contribution in [0.15, 0.2) is 94.9 Å². The van der Waals surface area contributed by atoms with Gasteiger partial charge in [-0.3, -0.25) is 0 Å². The van der Waals surface area contributed by atoms with Crippen LogP contribution in [0.5, 0.6) is 0 Å². The number of rotatable bonds is 6. The molecule has 16 nitrogen and oxygen atoms in total. The fraction of sp³-hybridized carbons (Fsp3) is 0.500. The van der Waals surface area contributed by atoms with Crippen LogP contribution in [-0.4, -0.2) is 69.2 Å². The zero-order chi connectivity index (χ0) is 43.0. The first-order valence-electron chi connectivity index (χ1n) is 20.2. The largest absolute Gasteiger partial charge is 0.480 e. The molecule has 0 aromatic rings. The molecule has 0 amide bonds. The average Bonchev–Trinajstić information content (AvgIpc) is 3.16. The number of ether oxygens (including phenoxy) is 8. The van der Waals surface area contributed by atoms with Crippen LogP contribution in [0, 0.1) is 23.7 Å². The molecule has 0 radical (unpaired) electrons. The summed E-state index contributed by atoms with van der Waals surface area (Å²) < 4.78 is 45.0. The second kappa shape index (κ2) is 16.2. The van der Waals surface area contributed by atoms with Gasteiger partial charge in [-0.25, -0.2) is 28.8 Å². The molecule has 60 heavy (non-hydrogen) atoms.